The fraction of sp³-hybridized carbons (Fsp3) is 0.261. The minimum Gasteiger partial charge on any atom is -0.359 e. The van der Waals surface area contributed by atoms with Gasteiger partial charge in [-0.25, -0.2) is 5.06 Å². The second kappa shape index (κ2) is 7.24. The van der Waals surface area contributed by atoms with E-state index in [1.165, 1.54) is 18.6 Å². The quantitative estimate of drug-likeness (QED) is 0.557. The Balaban J connectivity index is 1.37. The van der Waals surface area contributed by atoms with Gasteiger partial charge in [0.2, 0.25) is 0 Å². The van der Waals surface area contributed by atoms with Gasteiger partial charge in [0.1, 0.15) is 0 Å². The molecule has 158 valence electrons. The number of benzene rings is 1. The van der Waals surface area contributed by atoms with Gasteiger partial charge in [-0.1, -0.05) is 24.3 Å². The van der Waals surface area contributed by atoms with Crippen LogP contribution in [0.25, 0.3) is 12.3 Å². The molecule has 1 saturated carbocycles. The SMILES string of the molecule is O=C(C(=O)N1CCN(C(=O)c2ccccc2)CC12CC2)c1c[nH]c2c1=CC=CN(O)C=2. The number of nitrogens with one attached hydrogen (secondary N) is 1. The Morgan fingerprint density at radius 2 is 1.84 bits per heavy atom. The molecule has 0 bridgehead atoms. The van der Waals surface area contributed by atoms with E-state index in [-0.39, 0.29) is 11.5 Å². The van der Waals surface area contributed by atoms with Gasteiger partial charge in [0.15, 0.2) is 0 Å². The van der Waals surface area contributed by atoms with Gasteiger partial charge in [0, 0.05) is 42.8 Å². The number of fused-ring (bicyclic) bond motifs is 1. The van der Waals surface area contributed by atoms with Crippen LogP contribution in [0.15, 0.2) is 48.8 Å². The Labute approximate surface area is 178 Å². The lowest BCUT2D eigenvalue weighted by Crippen LogP contribution is -2.59. The molecule has 0 atom stereocenters. The maximum atomic E-state index is 13.2. The number of hydrogen-bond acceptors (Lipinski definition) is 5. The lowest BCUT2D eigenvalue weighted by atomic mass is 10.1. The van der Waals surface area contributed by atoms with Crippen LogP contribution in [0.1, 0.15) is 33.6 Å². The molecule has 2 fully saturated rings. The van der Waals surface area contributed by atoms with Crippen LogP contribution in [-0.4, -0.2) is 67.8 Å². The number of allylic oxidation sites excluding steroid dienone is 1. The summed E-state index contributed by atoms with van der Waals surface area (Å²) in [6.07, 6.45) is 9.21. The highest BCUT2D eigenvalue weighted by molar-refractivity contribution is 6.43. The van der Waals surface area contributed by atoms with E-state index in [2.05, 4.69) is 4.98 Å². The number of H-pyrrole nitrogens is 1. The van der Waals surface area contributed by atoms with E-state index in [0.717, 1.165) is 17.9 Å². The molecule has 8 heteroatoms. The normalized spacial score (nSPS) is 18.7. The largest absolute Gasteiger partial charge is 0.359 e. The molecular weight excluding hydrogens is 396 g/mol. The zero-order valence-electron chi connectivity index (χ0n) is 16.8. The number of hydrogen-bond donors (Lipinski definition) is 2. The summed E-state index contributed by atoms with van der Waals surface area (Å²) in [5.74, 6) is -1.18. The van der Waals surface area contributed by atoms with Gasteiger partial charge in [-0.05, 0) is 31.1 Å². The van der Waals surface area contributed by atoms with E-state index < -0.39 is 17.2 Å². The summed E-state index contributed by atoms with van der Waals surface area (Å²) in [6.45, 7) is 1.16. The third kappa shape index (κ3) is 3.34. The summed E-state index contributed by atoms with van der Waals surface area (Å²) in [5.41, 5.74) is 0.442. The zero-order valence-corrected chi connectivity index (χ0v) is 16.8. The van der Waals surface area contributed by atoms with Crippen molar-refractivity contribution in [2.45, 2.75) is 18.4 Å². The standard InChI is InChI=1S/C23H22N4O4/c28-20(18-13-24-19-14-26(31)10-4-7-17(18)19)22(30)27-12-11-25(15-23(27)8-9-23)21(29)16-5-2-1-3-6-16/h1-7,10,13-14,24,31H,8-9,11-12,15H2. The summed E-state index contributed by atoms with van der Waals surface area (Å²) >= 11 is 0. The second-order valence-corrected chi connectivity index (χ2v) is 8.15. The first-order valence-corrected chi connectivity index (χ1v) is 10.2. The lowest BCUT2D eigenvalue weighted by Gasteiger charge is -2.41. The van der Waals surface area contributed by atoms with Crippen LogP contribution in [0.4, 0.5) is 0 Å². The summed E-state index contributed by atoms with van der Waals surface area (Å²) in [4.78, 5) is 45.5. The molecule has 1 aromatic carbocycles. The molecule has 1 aliphatic carbocycles. The lowest BCUT2D eigenvalue weighted by molar-refractivity contribution is -0.131. The molecule has 2 N–H and O–H groups in total. The second-order valence-electron chi connectivity index (χ2n) is 8.15. The first kappa shape index (κ1) is 19.3. The third-order valence-electron chi connectivity index (χ3n) is 6.19. The van der Waals surface area contributed by atoms with Crippen LogP contribution in [0, 0.1) is 0 Å². The number of aromatic amines is 1. The van der Waals surface area contributed by atoms with Gasteiger partial charge in [0.05, 0.1) is 22.7 Å². The first-order valence-electron chi connectivity index (χ1n) is 10.2. The van der Waals surface area contributed by atoms with Crippen LogP contribution in [0.3, 0.4) is 0 Å². The summed E-state index contributed by atoms with van der Waals surface area (Å²) in [7, 11) is 0. The van der Waals surface area contributed by atoms with Crippen LogP contribution in [0.5, 0.6) is 0 Å². The van der Waals surface area contributed by atoms with Gasteiger partial charge < -0.3 is 14.8 Å². The molecule has 3 aliphatic rings. The minimum atomic E-state index is -0.587. The maximum Gasteiger partial charge on any atom is 0.295 e. The molecule has 0 radical (unpaired) electrons. The Bertz CT molecular complexity index is 1210. The number of amides is 2. The van der Waals surface area contributed by atoms with Gasteiger partial charge in [-0.2, -0.15) is 0 Å². The van der Waals surface area contributed by atoms with E-state index in [1.807, 2.05) is 18.2 Å². The van der Waals surface area contributed by atoms with Crippen molar-refractivity contribution in [3.63, 3.8) is 0 Å². The first-order chi connectivity index (χ1) is 15.0. The monoisotopic (exact) mass is 418 g/mol. The Hall–Kier alpha value is -3.65. The predicted molar refractivity (Wildman–Crippen MR) is 112 cm³/mol. The van der Waals surface area contributed by atoms with Gasteiger partial charge in [-0.3, -0.25) is 19.6 Å². The molecular formula is C23H22N4O4. The highest BCUT2D eigenvalue weighted by atomic mass is 16.5. The number of hydroxylamine groups is 2. The molecule has 5 rings (SSSR count). The molecule has 2 aliphatic heterocycles. The highest BCUT2D eigenvalue weighted by Crippen LogP contribution is 2.44. The van der Waals surface area contributed by atoms with Crippen molar-refractivity contribution in [3.05, 3.63) is 70.5 Å². The van der Waals surface area contributed by atoms with E-state index in [0.29, 0.717) is 35.8 Å². The number of ketones is 1. The number of rotatable bonds is 3. The topological polar surface area (TPSA) is 97.0 Å². The average molecular weight is 418 g/mol. The number of carbonyl (C=O) groups is 3. The van der Waals surface area contributed by atoms with Crippen LogP contribution < -0.4 is 10.6 Å². The van der Waals surface area contributed by atoms with Crippen LogP contribution >= 0.6 is 0 Å². The molecule has 1 spiro atoms. The van der Waals surface area contributed by atoms with Crippen molar-refractivity contribution < 1.29 is 19.6 Å². The summed E-state index contributed by atoms with van der Waals surface area (Å²) in [5, 5.41) is 11.7. The molecule has 1 aromatic heterocycles. The fourth-order valence-electron chi connectivity index (χ4n) is 4.37. The van der Waals surface area contributed by atoms with Crippen molar-refractivity contribution >= 4 is 29.9 Å². The molecule has 0 unspecified atom stereocenters. The van der Waals surface area contributed by atoms with Gasteiger partial charge >= 0.3 is 0 Å². The highest BCUT2D eigenvalue weighted by Gasteiger charge is 2.55. The summed E-state index contributed by atoms with van der Waals surface area (Å²) in [6, 6.07) is 9.11. The number of nitrogens with zero attached hydrogens (tertiary/aromatic N) is 3. The predicted octanol–water partition coefficient (Wildman–Crippen LogP) is 0.452. The van der Waals surface area contributed by atoms with Crippen molar-refractivity contribution in [2.75, 3.05) is 19.6 Å². The van der Waals surface area contributed by atoms with Crippen molar-refractivity contribution in [1.29, 1.82) is 0 Å². The van der Waals surface area contributed by atoms with Gasteiger partial charge in [-0.15, -0.1) is 0 Å². The zero-order chi connectivity index (χ0) is 21.6. The minimum absolute atomic E-state index is 0.0493. The van der Waals surface area contributed by atoms with E-state index in [1.54, 1.807) is 34.1 Å². The van der Waals surface area contributed by atoms with Crippen molar-refractivity contribution in [3.8, 4) is 0 Å². The molecule has 2 amide bonds. The van der Waals surface area contributed by atoms with Crippen molar-refractivity contribution in [2.24, 2.45) is 0 Å². The molecule has 31 heavy (non-hydrogen) atoms. The average Bonchev–Trinajstić information content (AvgIpc) is 3.48. The number of Topliss-reactive ketones (excluding diaryl/α,β-unsaturated/α-hetero) is 1. The Morgan fingerprint density at radius 3 is 2.58 bits per heavy atom. The number of carbonyl (C=O) groups excluding carboxylic acids is 3. The van der Waals surface area contributed by atoms with Crippen molar-refractivity contribution in [1.82, 2.24) is 19.8 Å². The number of piperazine rings is 1. The van der Waals surface area contributed by atoms with E-state index in [4.69, 9.17) is 0 Å². The van der Waals surface area contributed by atoms with Gasteiger partial charge in [0.25, 0.3) is 17.6 Å². The summed E-state index contributed by atoms with van der Waals surface area (Å²) < 4.78 is 0. The van der Waals surface area contributed by atoms with E-state index in [9.17, 15) is 19.6 Å². The molecule has 1 saturated heterocycles. The Kier molecular flexibility index (Phi) is 4.51. The van der Waals surface area contributed by atoms with Crippen LogP contribution in [0.2, 0.25) is 0 Å². The molecule has 2 aromatic rings. The molecule has 8 nitrogen and oxygen atoms in total. The van der Waals surface area contributed by atoms with E-state index >= 15 is 0 Å². The van der Waals surface area contributed by atoms with Crippen LogP contribution in [-0.2, 0) is 4.79 Å². The maximum absolute atomic E-state index is 13.2. The smallest absolute Gasteiger partial charge is 0.295 e. The fourth-order valence-corrected chi connectivity index (χ4v) is 4.37. The third-order valence-corrected chi connectivity index (χ3v) is 6.19. The Morgan fingerprint density at radius 1 is 1.06 bits per heavy atom. The number of aromatic nitrogens is 1. The molecule has 3 heterocycles.